The number of sulfonamides is 1. The second-order valence-corrected chi connectivity index (χ2v) is 7.34. The molecular formula is C13H19N3O4S. The van der Waals surface area contributed by atoms with E-state index in [0.717, 1.165) is 18.9 Å². The number of nitrogens with zero attached hydrogens (tertiary/aromatic N) is 1. The molecule has 1 unspecified atom stereocenters. The van der Waals surface area contributed by atoms with Crippen molar-refractivity contribution in [1.82, 2.24) is 4.72 Å². The third-order valence-corrected chi connectivity index (χ3v) is 5.40. The molecule has 8 heteroatoms. The van der Waals surface area contributed by atoms with Gasteiger partial charge in [-0.05, 0) is 43.2 Å². The van der Waals surface area contributed by atoms with E-state index in [2.05, 4.69) is 4.72 Å². The first kappa shape index (κ1) is 15.7. The van der Waals surface area contributed by atoms with Crippen LogP contribution in [-0.4, -0.2) is 19.9 Å². The maximum atomic E-state index is 12.3. The van der Waals surface area contributed by atoms with E-state index in [-0.39, 0.29) is 16.5 Å². The first-order valence-electron chi connectivity index (χ1n) is 6.76. The highest BCUT2D eigenvalue weighted by molar-refractivity contribution is 7.89. The van der Waals surface area contributed by atoms with E-state index < -0.39 is 20.6 Å². The molecule has 0 saturated heterocycles. The molecule has 21 heavy (non-hydrogen) atoms. The Morgan fingerprint density at radius 1 is 1.48 bits per heavy atom. The number of nitrogens with two attached hydrogens (primary N) is 1. The van der Waals surface area contributed by atoms with E-state index in [9.17, 15) is 18.5 Å². The lowest BCUT2D eigenvalue weighted by molar-refractivity contribution is -0.384. The quantitative estimate of drug-likeness (QED) is 0.472. The molecule has 1 aliphatic rings. The van der Waals surface area contributed by atoms with E-state index in [1.165, 1.54) is 6.07 Å². The summed E-state index contributed by atoms with van der Waals surface area (Å²) in [5.74, 6) is 0.846. The van der Waals surface area contributed by atoms with Crippen LogP contribution < -0.4 is 10.5 Å². The minimum atomic E-state index is -3.77. The smallest absolute Gasteiger partial charge is 0.293 e. The van der Waals surface area contributed by atoms with Crippen LogP contribution in [0.5, 0.6) is 0 Å². The minimum absolute atomic E-state index is 0.0391. The van der Waals surface area contributed by atoms with Crippen molar-refractivity contribution in [3.05, 3.63) is 27.8 Å². The summed E-state index contributed by atoms with van der Waals surface area (Å²) in [7, 11) is -3.77. The summed E-state index contributed by atoms with van der Waals surface area (Å²) in [6.07, 6.45) is 2.27. The van der Waals surface area contributed by atoms with Crippen LogP contribution in [0.3, 0.4) is 0 Å². The molecule has 1 fully saturated rings. The third kappa shape index (κ3) is 3.51. The van der Waals surface area contributed by atoms with Gasteiger partial charge in [-0.15, -0.1) is 0 Å². The molecule has 2 rings (SSSR count). The molecule has 7 nitrogen and oxygen atoms in total. The Kier molecular flexibility index (Phi) is 4.20. The van der Waals surface area contributed by atoms with Crippen molar-refractivity contribution in [2.24, 2.45) is 11.8 Å². The Bertz CT molecular complexity index is 668. The van der Waals surface area contributed by atoms with Gasteiger partial charge in [0.25, 0.3) is 5.69 Å². The van der Waals surface area contributed by atoms with Crippen LogP contribution in [0.2, 0.25) is 0 Å². The fourth-order valence-electron chi connectivity index (χ4n) is 2.30. The van der Waals surface area contributed by atoms with Crippen LogP contribution in [0, 0.1) is 28.9 Å². The zero-order valence-corrected chi connectivity index (χ0v) is 12.8. The molecule has 1 atom stereocenters. The number of benzene rings is 1. The molecule has 1 aromatic rings. The summed E-state index contributed by atoms with van der Waals surface area (Å²) in [5.41, 5.74) is 5.51. The molecule has 1 aliphatic carbocycles. The predicted octanol–water partition coefficient (Wildman–Crippen LogP) is 1.81. The molecule has 1 aromatic carbocycles. The molecule has 0 aliphatic heterocycles. The summed E-state index contributed by atoms with van der Waals surface area (Å²) in [6.45, 7) is 3.90. The van der Waals surface area contributed by atoms with Crippen LogP contribution in [0.4, 0.5) is 11.4 Å². The number of nitro groups is 1. The van der Waals surface area contributed by atoms with Gasteiger partial charge in [-0.3, -0.25) is 10.1 Å². The van der Waals surface area contributed by atoms with E-state index in [4.69, 9.17) is 5.73 Å². The van der Waals surface area contributed by atoms with Gasteiger partial charge in [0, 0.05) is 12.6 Å². The molecule has 116 valence electrons. The summed E-state index contributed by atoms with van der Waals surface area (Å²) >= 11 is 0. The molecular weight excluding hydrogens is 294 g/mol. The number of nitrogen functional groups attached to an aromatic ring is 1. The standard InChI is InChI=1S/C13H19N3O4S/c1-8-5-11(14)12(16(17)18)6-13(8)21(19,20)15-7-9(2)10-3-4-10/h5-6,9-10,15H,3-4,7,14H2,1-2H3. The van der Waals surface area contributed by atoms with E-state index in [0.29, 0.717) is 18.0 Å². The van der Waals surface area contributed by atoms with Crippen LogP contribution in [0.1, 0.15) is 25.3 Å². The van der Waals surface area contributed by atoms with Gasteiger partial charge >= 0.3 is 0 Å². The van der Waals surface area contributed by atoms with Gasteiger partial charge in [0.1, 0.15) is 5.69 Å². The normalized spacial score (nSPS) is 16.7. The van der Waals surface area contributed by atoms with Crippen LogP contribution in [0.15, 0.2) is 17.0 Å². The SMILES string of the molecule is Cc1cc(N)c([N+](=O)[O-])cc1S(=O)(=O)NCC(C)C1CC1. The fourth-order valence-corrected chi connectivity index (χ4v) is 3.69. The monoisotopic (exact) mass is 313 g/mol. The molecule has 3 N–H and O–H groups in total. The number of rotatable bonds is 6. The summed E-state index contributed by atoms with van der Waals surface area (Å²) in [6, 6.07) is 2.34. The molecule has 0 bridgehead atoms. The van der Waals surface area contributed by atoms with Gasteiger partial charge in [-0.1, -0.05) is 6.92 Å². The maximum Gasteiger partial charge on any atom is 0.293 e. The Labute approximate surface area is 123 Å². The summed E-state index contributed by atoms with van der Waals surface area (Å²) in [5, 5.41) is 10.9. The highest BCUT2D eigenvalue weighted by Gasteiger charge is 2.29. The Hall–Kier alpha value is -1.67. The third-order valence-electron chi connectivity index (χ3n) is 3.83. The zero-order chi connectivity index (χ0) is 15.8. The topological polar surface area (TPSA) is 115 Å². The number of hydrogen-bond donors (Lipinski definition) is 2. The lowest BCUT2D eigenvalue weighted by Gasteiger charge is -2.13. The minimum Gasteiger partial charge on any atom is -0.393 e. The number of hydrogen-bond acceptors (Lipinski definition) is 5. The van der Waals surface area contributed by atoms with Crippen molar-refractivity contribution >= 4 is 21.4 Å². The second kappa shape index (κ2) is 5.61. The number of nitrogens with one attached hydrogen (secondary N) is 1. The van der Waals surface area contributed by atoms with Gasteiger partial charge < -0.3 is 5.73 Å². The lowest BCUT2D eigenvalue weighted by atomic mass is 10.1. The van der Waals surface area contributed by atoms with Gasteiger partial charge in [0.15, 0.2) is 0 Å². The number of aryl methyl sites for hydroxylation is 1. The molecule has 0 radical (unpaired) electrons. The van der Waals surface area contributed by atoms with Crippen LogP contribution >= 0.6 is 0 Å². The first-order chi connectivity index (χ1) is 9.72. The Morgan fingerprint density at radius 2 is 2.10 bits per heavy atom. The maximum absolute atomic E-state index is 12.3. The Balaban J connectivity index is 2.26. The predicted molar refractivity (Wildman–Crippen MR) is 79.3 cm³/mol. The van der Waals surface area contributed by atoms with Gasteiger partial charge in [0.2, 0.25) is 10.0 Å². The van der Waals surface area contributed by atoms with Gasteiger partial charge in [0.05, 0.1) is 9.82 Å². The van der Waals surface area contributed by atoms with E-state index in [1.54, 1.807) is 6.92 Å². The average Bonchev–Trinajstić information content (AvgIpc) is 3.19. The largest absolute Gasteiger partial charge is 0.393 e. The molecule has 0 amide bonds. The summed E-state index contributed by atoms with van der Waals surface area (Å²) < 4.78 is 27.2. The molecule has 1 saturated carbocycles. The van der Waals surface area contributed by atoms with Crippen molar-refractivity contribution in [3.63, 3.8) is 0 Å². The van der Waals surface area contributed by atoms with Crippen molar-refractivity contribution in [2.45, 2.75) is 31.6 Å². The van der Waals surface area contributed by atoms with Crippen molar-refractivity contribution in [3.8, 4) is 0 Å². The van der Waals surface area contributed by atoms with E-state index in [1.807, 2.05) is 6.92 Å². The van der Waals surface area contributed by atoms with Crippen LogP contribution in [0.25, 0.3) is 0 Å². The second-order valence-electron chi connectivity index (χ2n) is 5.60. The van der Waals surface area contributed by atoms with E-state index >= 15 is 0 Å². The van der Waals surface area contributed by atoms with Crippen molar-refractivity contribution < 1.29 is 13.3 Å². The summed E-state index contributed by atoms with van der Waals surface area (Å²) in [4.78, 5) is 10.1. The van der Waals surface area contributed by atoms with Gasteiger partial charge in [-0.25, -0.2) is 13.1 Å². The lowest BCUT2D eigenvalue weighted by Crippen LogP contribution is -2.29. The molecule has 0 spiro atoms. The number of anilines is 1. The highest BCUT2D eigenvalue weighted by atomic mass is 32.2. The van der Waals surface area contributed by atoms with Gasteiger partial charge in [-0.2, -0.15) is 0 Å². The Morgan fingerprint density at radius 3 is 2.62 bits per heavy atom. The zero-order valence-electron chi connectivity index (χ0n) is 12.0. The highest BCUT2D eigenvalue weighted by Crippen LogP contribution is 2.36. The van der Waals surface area contributed by atoms with Crippen molar-refractivity contribution in [2.75, 3.05) is 12.3 Å². The fraction of sp³-hybridized carbons (Fsp3) is 0.538. The van der Waals surface area contributed by atoms with Crippen LogP contribution in [-0.2, 0) is 10.0 Å². The van der Waals surface area contributed by atoms with Crippen molar-refractivity contribution in [1.29, 1.82) is 0 Å². The average molecular weight is 313 g/mol. The first-order valence-corrected chi connectivity index (χ1v) is 8.25. The number of nitro benzene ring substituents is 1. The molecule has 0 aromatic heterocycles. The molecule has 0 heterocycles.